The zero-order chi connectivity index (χ0) is 13.8. The number of aromatic nitrogens is 1. The molecule has 0 saturated heterocycles. The van der Waals surface area contributed by atoms with Crippen LogP contribution in [0, 0.1) is 12.8 Å². The number of hydrogen-bond donors (Lipinski definition) is 2. The van der Waals surface area contributed by atoms with Crippen LogP contribution in [0.25, 0.3) is 10.9 Å². The van der Waals surface area contributed by atoms with Gasteiger partial charge in [-0.1, -0.05) is 32.0 Å². The first kappa shape index (κ1) is 13.8. The molecule has 0 fully saturated rings. The minimum atomic E-state index is 0.373. The Bertz CT molecular complexity index is 549. The second-order valence-electron chi connectivity index (χ2n) is 5.42. The summed E-state index contributed by atoms with van der Waals surface area (Å²) in [5.74, 6) is 1.52. The van der Waals surface area contributed by atoms with Crippen molar-refractivity contribution >= 4 is 16.7 Å². The van der Waals surface area contributed by atoms with Crippen molar-refractivity contribution < 1.29 is 0 Å². The molecule has 19 heavy (non-hydrogen) atoms. The number of nitrogens with zero attached hydrogens (tertiary/aromatic N) is 1. The van der Waals surface area contributed by atoms with E-state index in [1.165, 1.54) is 10.9 Å². The number of benzene rings is 1. The highest BCUT2D eigenvalue weighted by atomic mass is 15.0. The van der Waals surface area contributed by atoms with Crippen molar-refractivity contribution in [3.05, 3.63) is 35.9 Å². The van der Waals surface area contributed by atoms with Gasteiger partial charge in [-0.2, -0.15) is 0 Å². The van der Waals surface area contributed by atoms with Gasteiger partial charge in [0.1, 0.15) is 5.82 Å². The number of para-hydroxylation sites is 1. The monoisotopic (exact) mass is 257 g/mol. The predicted molar refractivity (Wildman–Crippen MR) is 82.4 cm³/mol. The van der Waals surface area contributed by atoms with Gasteiger partial charge in [0.25, 0.3) is 0 Å². The first-order valence-electron chi connectivity index (χ1n) is 6.95. The van der Waals surface area contributed by atoms with Gasteiger partial charge >= 0.3 is 0 Å². The molecule has 3 heteroatoms. The van der Waals surface area contributed by atoms with Crippen molar-refractivity contribution in [3.8, 4) is 0 Å². The molecule has 102 valence electrons. The van der Waals surface area contributed by atoms with Crippen molar-refractivity contribution in [1.82, 2.24) is 4.98 Å². The fourth-order valence-corrected chi connectivity index (χ4v) is 2.30. The Balaban J connectivity index is 2.31. The molecule has 3 N–H and O–H groups in total. The molecule has 0 saturated carbocycles. The maximum Gasteiger partial charge on any atom is 0.129 e. The van der Waals surface area contributed by atoms with Crippen molar-refractivity contribution in [1.29, 1.82) is 0 Å². The lowest BCUT2D eigenvalue weighted by Gasteiger charge is -2.23. The third kappa shape index (κ3) is 3.24. The Morgan fingerprint density at radius 2 is 2.00 bits per heavy atom. The molecule has 0 amide bonds. The Labute approximate surface area is 115 Å². The highest BCUT2D eigenvalue weighted by Gasteiger charge is 2.14. The molecule has 1 aromatic heterocycles. The second kappa shape index (κ2) is 6.02. The summed E-state index contributed by atoms with van der Waals surface area (Å²) in [7, 11) is 0. The van der Waals surface area contributed by atoms with Crippen LogP contribution in [0.1, 0.15) is 25.8 Å². The molecule has 0 aliphatic heterocycles. The van der Waals surface area contributed by atoms with Crippen LogP contribution in [-0.2, 0) is 0 Å². The normalized spacial score (nSPS) is 12.9. The van der Waals surface area contributed by atoms with Crippen LogP contribution in [0.15, 0.2) is 30.3 Å². The van der Waals surface area contributed by atoms with Crippen LogP contribution in [0.3, 0.4) is 0 Å². The lowest BCUT2D eigenvalue weighted by molar-refractivity contribution is 0.497. The summed E-state index contributed by atoms with van der Waals surface area (Å²) in [5, 5.41) is 4.73. The Hall–Kier alpha value is -1.61. The molecule has 0 spiro atoms. The number of aryl methyl sites for hydroxylation is 1. The Kier molecular flexibility index (Phi) is 4.38. The Morgan fingerprint density at radius 1 is 1.26 bits per heavy atom. The summed E-state index contributed by atoms with van der Waals surface area (Å²) in [6, 6.07) is 10.8. The summed E-state index contributed by atoms with van der Waals surface area (Å²) in [4.78, 5) is 4.73. The lowest BCUT2D eigenvalue weighted by Crippen LogP contribution is -2.29. The average Bonchev–Trinajstić information content (AvgIpc) is 2.38. The molecule has 0 bridgehead atoms. The van der Waals surface area contributed by atoms with E-state index in [-0.39, 0.29) is 0 Å². The maximum atomic E-state index is 5.69. The van der Waals surface area contributed by atoms with E-state index in [4.69, 9.17) is 10.7 Å². The fourth-order valence-electron chi connectivity index (χ4n) is 2.30. The number of anilines is 1. The largest absolute Gasteiger partial charge is 0.367 e. The van der Waals surface area contributed by atoms with E-state index < -0.39 is 0 Å². The number of nitrogens with two attached hydrogens (primary N) is 1. The van der Waals surface area contributed by atoms with Crippen LogP contribution >= 0.6 is 0 Å². The van der Waals surface area contributed by atoms with Crippen LogP contribution in [0.5, 0.6) is 0 Å². The number of pyridine rings is 1. The van der Waals surface area contributed by atoms with E-state index in [1.807, 2.05) is 18.2 Å². The first-order chi connectivity index (χ1) is 9.11. The molecule has 0 radical (unpaired) electrons. The molecule has 1 heterocycles. The van der Waals surface area contributed by atoms with Gasteiger partial charge in [-0.3, -0.25) is 0 Å². The zero-order valence-electron chi connectivity index (χ0n) is 12.0. The van der Waals surface area contributed by atoms with Crippen molar-refractivity contribution in [2.75, 3.05) is 11.9 Å². The number of nitrogens with one attached hydrogen (secondary N) is 1. The first-order valence-corrected chi connectivity index (χ1v) is 6.95. The third-order valence-corrected chi connectivity index (χ3v) is 3.52. The van der Waals surface area contributed by atoms with Gasteiger partial charge in [0.05, 0.1) is 5.52 Å². The Morgan fingerprint density at radius 3 is 2.68 bits per heavy atom. The van der Waals surface area contributed by atoms with E-state index in [0.29, 0.717) is 18.5 Å². The van der Waals surface area contributed by atoms with Gasteiger partial charge in [0.2, 0.25) is 0 Å². The summed E-state index contributed by atoms with van der Waals surface area (Å²) < 4.78 is 0. The quantitative estimate of drug-likeness (QED) is 0.864. The molecule has 3 nitrogen and oxygen atoms in total. The van der Waals surface area contributed by atoms with Gasteiger partial charge in [0.15, 0.2) is 0 Å². The molecule has 0 aliphatic rings. The smallest absolute Gasteiger partial charge is 0.129 e. The lowest BCUT2D eigenvalue weighted by atomic mass is 10.0. The second-order valence-corrected chi connectivity index (χ2v) is 5.42. The summed E-state index contributed by atoms with van der Waals surface area (Å²) in [6.45, 7) is 7.22. The molecule has 1 atom stereocenters. The van der Waals surface area contributed by atoms with Crippen LogP contribution < -0.4 is 11.1 Å². The van der Waals surface area contributed by atoms with Gasteiger partial charge < -0.3 is 11.1 Å². The van der Waals surface area contributed by atoms with Crippen molar-refractivity contribution in [3.63, 3.8) is 0 Å². The minimum absolute atomic E-state index is 0.373. The molecular weight excluding hydrogens is 234 g/mol. The topological polar surface area (TPSA) is 50.9 Å². The molecule has 0 aliphatic carbocycles. The molecular formula is C16H23N3. The molecule has 1 unspecified atom stereocenters. The van der Waals surface area contributed by atoms with Gasteiger partial charge in [0, 0.05) is 11.4 Å². The number of rotatable bonds is 5. The predicted octanol–water partition coefficient (Wildman–Crippen LogP) is 3.33. The highest BCUT2D eigenvalue weighted by molar-refractivity contribution is 5.81. The van der Waals surface area contributed by atoms with E-state index in [2.05, 4.69) is 38.2 Å². The van der Waals surface area contributed by atoms with Gasteiger partial charge in [-0.25, -0.2) is 4.98 Å². The average molecular weight is 257 g/mol. The van der Waals surface area contributed by atoms with E-state index in [1.54, 1.807) is 0 Å². The molecule has 2 rings (SSSR count). The number of fused-ring (bicyclic) bond motifs is 1. The summed E-state index contributed by atoms with van der Waals surface area (Å²) in [6.07, 6.45) is 0.964. The fraction of sp³-hybridized carbons (Fsp3) is 0.438. The van der Waals surface area contributed by atoms with Crippen LogP contribution in [0.4, 0.5) is 5.82 Å². The standard InChI is InChI=1S/C16H23N3/c1-11(2)14(8-9-17)18-16-12(3)10-13-6-4-5-7-15(13)19-16/h4-7,10-11,14H,8-9,17H2,1-3H3,(H,18,19). The van der Waals surface area contributed by atoms with Crippen LogP contribution in [-0.4, -0.2) is 17.6 Å². The number of hydrogen-bond acceptors (Lipinski definition) is 3. The van der Waals surface area contributed by atoms with E-state index in [9.17, 15) is 0 Å². The van der Waals surface area contributed by atoms with Crippen LogP contribution in [0.2, 0.25) is 0 Å². The van der Waals surface area contributed by atoms with Crippen molar-refractivity contribution in [2.45, 2.75) is 33.2 Å². The third-order valence-electron chi connectivity index (χ3n) is 3.52. The summed E-state index contributed by atoms with van der Waals surface area (Å²) >= 11 is 0. The SMILES string of the molecule is Cc1cc2ccccc2nc1NC(CCN)C(C)C. The zero-order valence-corrected chi connectivity index (χ0v) is 12.0. The maximum absolute atomic E-state index is 5.69. The molecule has 2 aromatic rings. The van der Waals surface area contributed by atoms with Gasteiger partial charge in [-0.15, -0.1) is 0 Å². The van der Waals surface area contributed by atoms with Crippen molar-refractivity contribution in [2.24, 2.45) is 11.7 Å². The minimum Gasteiger partial charge on any atom is -0.367 e. The van der Waals surface area contributed by atoms with E-state index in [0.717, 1.165) is 17.8 Å². The van der Waals surface area contributed by atoms with E-state index >= 15 is 0 Å². The molecule has 1 aromatic carbocycles. The highest BCUT2D eigenvalue weighted by Crippen LogP contribution is 2.22. The summed E-state index contributed by atoms with van der Waals surface area (Å²) in [5.41, 5.74) is 7.90. The van der Waals surface area contributed by atoms with Gasteiger partial charge in [-0.05, 0) is 43.5 Å².